The van der Waals surface area contributed by atoms with Gasteiger partial charge < -0.3 is 20.3 Å². The second kappa shape index (κ2) is 13.7. The first-order valence-corrected chi connectivity index (χ1v) is 9.49. The summed E-state index contributed by atoms with van der Waals surface area (Å²) in [6.07, 6.45) is 1.19. The Morgan fingerprint density at radius 1 is 1.28 bits per heavy atom. The third-order valence-corrected chi connectivity index (χ3v) is 4.58. The molecule has 0 saturated carbocycles. The molecule has 0 aliphatic rings. The molecule has 1 atom stereocenters. The standard InChI is InChI=1S/C17H33N5OS.HI/c1-7-18-17(20-12-16-13(3)21-14(4)24-16)19-11-15(23-8-2)9-10-22(5)6;/h15H,7-12H2,1-6H3,(H2,18,19,20);1H. The molecule has 0 aliphatic heterocycles. The largest absolute Gasteiger partial charge is 0.377 e. The van der Waals surface area contributed by atoms with E-state index in [1.807, 2.05) is 20.8 Å². The summed E-state index contributed by atoms with van der Waals surface area (Å²) in [5.41, 5.74) is 1.08. The third-order valence-electron chi connectivity index (χ3n) is 3.52. The van der Waals surface area contributed by atoms with Gasteiger partial charge in [-0.1, -0.05) is 0 Å². The van der Waals surface area contributed by atoms with Crippen LogP contribution in [0.2, 0.25) is 0 Å². The zero-order valence-electron chi connectivity index (χ0n) is 16.4. The van der Waals surface area contributed by atoms with Crippen molar-refractivity contribution < 1.29 is 4.74 Å². The lowest BCUT2D eigenvalue weighted by Crippen LogP contribution is -2.42. The lowest BCUT2D eigenvalue weighted by molar-refractivity contribution is 0.0548. The maximum atomic E-state index is 5.83. The highest BCUT2D eigenvalue weighted by Crippen LogP contribution is 2.17. The molecule has 0 aliphatic carbocycles. The van der Waals surface area contributed by atoms with Gasteiger partial charge in [0.25, 0.3) is 0 Å². The van der Waals surface area contributed by atoms with Crippen LogP contribution in [0.5, 0.6) is 0 Å². The zero-order chi connectivity index (χ0) is 17.9. The van der Waals surface area contributed by atoms with Gasteiger partial charge in [0.05, 0.1) is 23.4 Å². The minimum atomic E-state index is 0. The average Bonchev–Trinajstić information content (AvgIpc) is 2.84. The minimum Gasteiger partial charge on any atom is -0.377 e. The number of guanidine groups is 1. The smallest absolute Gasteiger partial charge is 0.191 e. The molecule has 1 heterocycles. The van der Waals surface area contributed by atoms with Crippen molar-refractivity contribution in [1.29, 1.82) is 0 Å². The topological polar surface area (TPSA) is 61.8 Å². The average molecular weight is 483 g/mol. The molecule has 1 unspecified atom stereocenters. The van der Waals surface area contributed by atoms with E-state index in [1.54, 1.807) is 11.3 Å². The number of halogens is 1. The molecular weight excluding hydrogens is 449 g/mol. The quantitative estimate of drug-likeness (QED) is 0.305. The Morgan fingerprint density at radius 3 is 2.52 bits per heavy atom. The van der Waals surface area contributed by atoms with Crippen LogP contribution in [0.15, 0.2) is 4.99 Å². The van der Waals surface area contributed by atoms with E-state index >= 15 is 0 Å². The van der Waals surface area contributed by atoms with Gasteiger partial charge in [-0.3, -0.25) is 0 Å². The first-order valence-electron chi connectivity index (χ1n) is 8.67. The van der Waals surface area contributed by atoms with E-state index in [9.17, 15) is 0 Å². The van der Waals surface area contributed by atoms with E-state index < -0.39 is 0 Å². The van der Waals surface area contributed by atoms with Crippen LogP contribution in [0, 0.1) is 13.8 Å². The van der Waals surface area contributed by atoms with Crippen LogP contribution < -0.4 is 10.6 Å². The number of aliphatic imine (C=N–C) groups is 1. The van der Waals surface area contributed by atoms with Crippen molar-refractivity contribution in [3.05, 3.63) is 15.6 Å². The third kappa shape index (κ3) is 10.3. The van der Waals surface area contributed by atoms with Crippen LogP contribution in [0.1, 0.15) is 35.8 Å². The van der Waals surface area contributed by atoms with E-state index in [2.05, 4.69) is 46.5 Å². The van der Waals surface area contributed by atoms with Crippen molar-refractivity contribution in [1.82, 2.24) is 20.5 Å². The highest BCUT2D eigenvalue weighted by atomic mass is 127. The van der Waals surface area contributed by atoms with Crippen molar-refractivity contribution >= 4 is 41.3 Å². The van der Waals surface area contributed by atoms with Crippen LogP contribution in [-0.2, 0) is 11.3 Å². The molecule has 8 heteroatoms. The minimum absolute atomic E-state index is 0. The summed E-state index contributed by atoms with van der Waals surface area (Å²) >= 11 is 1.71. The van der Waals surface area contributed by atoms with E-state index in [-0.39, 0.29) is 30.1 Å². The molecule has 0 fully saturated rings. The van der Waals surface area contributed by atoms with E-state index in [1.165, 1.54) is 4.88 Å². The van der Waals surface area contributed by atoms with Gasteiger partial charge in [0.15, 0.2) is 5.96 Å². The number of nitrogens with zero attached hydrogens (tertiary/aromatic N) is 3. The number of hydrogen-bond acceptors (Lipinski definition) is 5. The van der Waals surface area contributed by atoms with Crippen LogP contribution in [0.25, 0.3) is 0 Å². The SMILES string of the molecule is CCNC(=NCc1sc(C)nc1C)NCC(CCN(C)C)OCC.I. The van der Waals surface area contributed by atoms with Gasteiger partial charge in [-0.25, -0.2) is 9.98 Å². The summed E-state index contributed by atoms with van der Waals surface area (Å²) in [5.74, 6) is 0.831. The Kier molecular flexibility index (Phi) is 13.5. The monoisotopic (exact) mass is 483 g/mol. The van der Waals surface area contributed by atoms with Gasteiger partial charge >= 0.3 is 0 Å². The number of ether oxygens (including phenoxy) is 1. The van der Waals surface area contributed by atoms with E-state index in [0.717, 1.165) is 49.3 Å². The lowest BCUT2D eigenvalue weighted by Gasteiger charge is -2.21. The molecule has 1 aromatic heterocycles. The fourth-order valence-corrected chi connectivity index (χ4v) is 3.17. The molecule has 25 heavy (non-hydrogen) atoms. The number of nitrogens with one attached hydrogen (secondary N) is 2. The Morgan fingerprint density at radius 2 is 2.00 bits per heavy atom. The van der Waals surface area contributed by atoms with Gasteiger partial charge in [-0.15, -0.1) is 35.3 Å². The molecule has 1 aromatic rings. The fraction of sp³-hybridized carbons (Fsp3) is 0.765. The molecule has 1 rings (SSSR count). The molecule has 0 aromatic carbocycles. The first kappa shape index (κ1) is 24.6. The summed E-state index contributed by atoms with van der Waals surface area (Å²) in [7, 11) is 4.17. The van der Waals surface area contributed by atoms with Crippen LogP contribution in [0.4, 0.5) is 0 Å². The molecule has 0 amide bonds. The first-order chi connectivity index (χ1) is 11.5. The van der Waals surface area contributed by atoms with Crippen molar-refractivity contribution in [3.63, 3.8) is 0 Å². The summed E-state index contributed by atoms with van der Waals surface area (Å²) in [6, 6.07) is 0. The molecule has 0 bridgehead atoms. The van der Waals surface area contributed by atoms with Crippen molar-refractivity contribution in [2.24, 2.45) is 4.99 Å². The van der Waals surface area contributed by atoms with E-state index in [4.69, 9.17) is 4.74 Å². The van der Waals surface area contributed by atoms with Crippen LogP contribution >= 0.6 is 35.3 Å². The highest BCUT2D eigenvalue weighted by molar-refractivity contribution is 14.0. The maximum Gasteiger partial charge on any atom is 0.191 e. The number of aryl methyl sites for hydroxylation is 2. The normalized spacial score (nSPS) is 12.8. The molecule has 6 nitrogen and oxygen atoms in total. The summed E-state index contributed by atoms with van der Waals surface area (Å²) in [6.45, 7) is 12.2. The van der Waals surface area contributed by atoms with Crippen molar-refractivity contribution in [2.75, 3.05) is 40.3 Å². The molecule has 0 radical (unpaired) electrons. The van der Waals surface area contributed by atoms with Crippen molar-refractivity contribution in [3.8, 4) is 0 Å². The lowest BCUT2D eigenvalue weighted by atomic mass is 10.2. The zero-order valence-corrected chi connectivity index (χ0v) is 19.5. The van der Waals surface area contributed by atoms with Gasteiger partial charge in [-0.2, -0.15) is 0 Å². The Balaban J connectivity index is 0.00000576. The van der Waals surface area contributed by atoms with Gasteiger partial charge in [-0.05, 0) is 48.2 Å². The fourth-order valence-electron chi connectivity index (χ4n) is 2.31. The van der Waals surface area contributed by atoms with Crippen LogP contribution in [-0.4, -0.2) is 62.3 Å². The summed E-state index contributed by atoms with van der Waals surface area (Å²) < 4.78 is 5.83. The molecular formula is C17H34IN5OS. The second-order valence-corrected chi connectivity index (χ2v) is 7.27. The molecule has 0 spiro atoms. The number of aromatic nitrogens is 1. The number of rotatable bonds is 10. The highest BCUT2D eigenvalue weighted by Gasteiger charge is 2.10. The Bertz CT molecular complexity index is 507. The van der Waals surface area contributed by atoms with Gasteiger partial charge in [0, 0.05) is 31.1 Å². The van der Waals surface area contributed by atoms with Gasteiger partial charge in [0.1, 0.15) is 0 Å². The summed E-state index contributed by atoms with van der Waals surface area (Å²) in [4.78, 5) is 12.5. The van der Waals surface area contributed by atoms with Crippen LogP contribution in [0.3, 0.4) is 0 Å². The molecule has 146 valence electrons. The summed E-state index contributed by atoms with van der Waals surface area (Å²) in [5, 5.41) is 7.80. The van der Waals surface area contributed by atoms with E-state index in [0.29, 0.717) is 6.54 Å². The molecule has 0 saturated heterocycles. The second-order valence-electron chi connectivity index (χ2n) is 5.99. The van der Waals surface area contributed by atoms with Crippen molar-refractivity contribution in [2.45, 2.75) is 46.8 Å². The predicted molar refractivity (Wildman–Crippen MR) is 118 cm³/mol. The predicted octanol–water partition coefficient (Wildman–Crippen LogP) is 2.79. The molecule has 2 N–H and O–H groups in total. The number of thiazole rings is 1. The Hall–Kier alpha value is -0.450. The maximum absolute atomic E-state index is 5.83. The van der Waals surface area contributed by atoms with Gasteiger partial charge in [0.2, 0.25) is 0 Å². The number of hydrogen-bond donors (Lipinski definition) is 2. The Labute approximate surface area is 173 Å².